The fourth-order valence-electron chi connectivity index (χ4n) is 2.23. The van der Waals surface area contributed by atoms with Crippen molar-refractivity contribution in [3.63, 3.8) is 0 Å². The van der Waals surface area contributed by atoms with Crippen molar-refractivity contribution in [2.75, 3.05) is 29.1 Å². The molecule has 4 N–H and O–H groups in total. The van der Waals surface area contributed by atoms with Gasteiger partial charge in [0.1, 0.15) is 0 Å². The van der Waals surface area contributed by atoms with Crippen LogP contribution in [0.5, 0.6) is 0 Å². The van der Waals surface area contributed by atoms with Gasteiger partial charge in [-0.15, -0.1) is 0 Å². The number of rotatable bonds is 8. The summed E-state index contributed by atoms with van der Waals surface area (Å²) in [6.07, 6.45) is -0.0685. The number of esters is 1. The third-order valence-electron chi connectivity index (χ3n) is 3.50. The summed E-state index contributed by atoms with van der Waals surface area (Å²) in [5, 5.41) is 10.3. The van der Waals surface area contributed by atoms with Crippen LogP contribution in [0.25, 0.3) is 0 Å². The average Bonchev–Trinajstić information content (AvgIpc) is 2.68. The first-order valence-electron chi connectivity index (χ1n) is 8.85. The molecule has 0 aliphatic rings. The van der Waals surface area contributed by atoms with Gasteiger partial charge in [0.05, 0.1) is 6.42 Å². The molecule has 0 unspecified atom stereocenters. The largest absolute Gasteiger partial charge is 0.456 e. The van der Waals surface area contributed by atoms with E-state index >= 15 is 0 Å². The predicted octanol–water partition coefficient (Wildman–Crippen LogP) is 2.34. The van der Waals surface area contributed by atoms with Gasteiger partial charge in [-0.3, -0.25) is 14.4 Å². The summed E-state index contributed by atoms with van der Waals surface area (Å²) in [4.78, 5) is 46.1. The van der Waals surface area contributed by atoms with Gasteiger partial charge in [-0.25, -0.2) is 4.79 Å². The molecule has 2 rings (SSSR count). The Kier molecular flexibility index (Phi) is 8.18. The molecule has 2 aromatic carbocycles. The molecule has 0 aromatic heterocycles. The van der Waals surface area contributed by atoms with Gasteiger partial charge in [0, 0.05) is 30.5 Å². The zero-order valence-corrected chi connectivity index (χ0v) is 15.9. The molecule has 9 nitrogen and oxygen atoms in total. The zero-order valence-electron chi connectivity index (χ0n) is 15.9. The molecule has 0 aliphatic carbocycles. The van der Waals surface area contributed by atoms with Crippen molar-refractivity contribution >= 4 is 40.9 Å². The molecule has 4 amide bonds. The Morgan fingerprint density at radius 3 is 2.00 bits per heavy atom. The number of ether oxygens (including phenoxy) is 1. The van der Waals surface area contributed by atoms with E-state index in [0.29, 0.717) is 17.1 Å². The molecule has 9 heteroatoms. The van der Waals surface area contributed by atoms with E-state index in [9.17, 15) is 19.2 Å². The second-order valence-corrected chi connectivity index (χ2v) is 5.96. The van der Waals surface area contributed by atoms with Crippen LogP contribution in [0.4, 0.5) is 21.9 Å². The number of hydrogen-bond acceptors (Lipinski definition) is 5. The molecule has 0 spiro atoms. The fraction of sp³-hybridized carbons (Fsp3) is 0.200. The molecule has 0 saturated carbocycles. The van der Waals surface area contributed by atoms with E-state index in [-0.39, 0.29) is 18.9 Å². The molecule has 152 valence electrons. The molecule has 0 bridgehead atoms. The number of anilines is 3. The molecule has 0 heterocycles. The van der Waals surface area contributed by atoms with Gasteiger partial charge < -0.3 is 26.0 Å². The number of carbonyl (C=O) groups is 4. The molecule has 0 fully saturated rings. The summed E-state index contributed by atoms with van der Waals surface area (Å²) in [7, 11) is 0. The number of para-hydroxylation sites is 1. The molecule has 29 heavy (non-hydrogen) atoms. The number of hydrogen-bond donors (Lipinski definition) is 4. The maximum Gasteiger partial charge on any atom is 0.319 e. The minimum absolute atomic E-state index is 0.0685. The van der Waals surface area contributed by atoms with Gasteiger partial charge in [-0.05, 0) is 36.4 Å². The Hall–Kier alpha value is -3.88. The number of nitrogens with one attached hydrogen (secondary N) is 4. The lowest BCUT2D eigenvalue weighted by Gasteiger charge is -2.09. The minimum Gasteiger partial charge on any atom is -0.456 e. The van der Waals surface area contributed by atoms with E-state index in [1.54, 1.807) is 48.5 Å². The minimum atomic E-state index is -0.610. The normalized spacial score (nSPS) is 9.83. The van der Waals surface area contributed by atoms with E-state index in [0.717, 1.165) is 0 Å². The van der Waals surface area contributed by atoms with Crippen LogP contribution in [0.2, 0.25) is 0 Å². The molecular weight excluding hydrogens is 376 g/mol. The molecule has 0 saturated heterocycles. The van der Waals surface area contributed by atoms with E-state index in [1.807, 2.05) is 6.07 Å². The molecule has 2 aromatic rings. The van der Waals surface area contributed by atoms with Crippen LogP contribution in [0, 0.1) is 0 Å². The highest BCUT2D eigenvalue weighted by Gasteiger charge is 2.09. The summed E-state index contributed by atoms with van der Waals surface area (Å²) in [6.45, 7) is 1.03. The summed E-state index contributed by atoms with van der Waals surface area (Å²) < 4.78 is 4.87. The Morgan fingerprint density at radius 1 is 0.793 bits per heavy atom. The van der Waals surface area contributed by atoms with Crippen LogP contribution in [0.3, 0.4) is 0 Å². The molecule has 0 aliphatic heterocycles. The first kappa shape index (κ1) is 21.4. The fourth-order valence-corrected chi connectivity index (χ4v) is 2.23. The van der Waals surface area contributed by atoms with E-state index in [4.69, 9.17) is 4.74 Å². The predicted molar refractivity (Wildman–Crippen MR) is 108 cm³/mol. The number of carbonyl (C=O) groups excluding carboxylic acids is 4. The van der Waals surface area contributed by atoms with Crippen LogP contribution in [0.15, 0.2) is 54.6 Å². The first-order chi connectivity index (χ1) is 13.9. The highest BCUT2D eigenvalue weighted by Crippen LogP contribution is 2.13. The van der Waals surface area contributed by atoms with Gasteiger partial charge in [0.2, 0.25) is 5.91 Å². The van der Waals surface area contributed by atoms with Crippen molar-refractivity contribution in [1.82, 2.24) is 5.32 Å². The Labute approximate surface area is 167 Å². The summed E-state index contributed by atoms with van der Waals surface area (Å²) in [5.41, 5.74) is 1.74. The van der Waals surface area contributed by atoms with Crippen LogP contribution in [-0.2, 0) is 19.1 Å². The average molecular weight is 398 g/mol. The van der Waals surface area contributed by atoms with Crippen molar-refractivity contribution < 1.29 is 23.9 Å². The van der Waals surface area contributed by atoms with Crippen molar-refractivity contribution in [2.24, 2.45) is 0 Å². The lowest BCUT2D eigenvalue weighted by atomic mass is 10.2. The number of amides is 4. The second-order valence-electron chi connectivity index (χ2n) is 5.96. The quantitative estimate of drug-likeness (QED) is 0.508. The van der Waals surface area contributed by atoms with Gasteiger partial charge in [-0.2, -0.15) is 0 Å². The highest BCUT2D eigenvalue weighted by atomic mass is 16.5. The summed E-state index contributed by atoms with van der Waals surface area (Å²) in [6, 6.07) is 14.9. The van der Waals surface area contributed by atoms with E-state index in [2.05, 4.69) is 21.3 Å². The standard InChI is InChI=1S/C20H22N4O5/c1-14(25)22-16-7-9-17(10-8-16)23-18(26)13-29-19(27)11-12-21-20(28)24-15-5-3-2-4-6-15/h2-10H,11-13H2,1H3,(H,22,25)(H,23,26)(H2,21,24,28). The van der Waals surface area contributed by atoms with E-state index < -0.39 is 24.5 Å². The van der Waals surface area contributed by atoms with Crippen molar-refractivity contribution in [1.29, 1.82) is 0 Å². The van der Waals surface area contributed by atoms with Crippen LogP contribution < -0.4 is 21.3 Å². The van der Waals surface area contributed by atoms with Crippen molar-refractivity contribution in [2.45, 2.75) is 13.3 Å². The maximum absolute atomic E-state index is 11.8. The molecule has 0 atom stereocenters. The zero-order chi connectivity index (χ0) is 21.1. The van der Waals surface area contributed by atoms with Crippen LogP contribution in [0.1, 0.15) is 13.3 Å². The van der Waals surface area contributed by atoms with Gasteiger partial charge in [-0.1, -0.05) is 18.2 Å². The lowest BCUT2D eigenvalue weighted by Crippen LogP contribution is -2.31. The Balaban J connectivity index is 1.62. The third kappa shape index (κ3) is 8.57. The monoisotopic (exact) mass is 398 g/mol. The number of urea groups is 1. The van der Waals surface area contributed by atoms with Gasteiger partial charge in [0.25, 0.3) is 5.91 Å². The van der Waals surface area contributed by atoms with Crippen molar-refractivity contribution in [3.8, 4) is 0 Å². The van der Waals surface area contributed by atoms with Crippen LogP contribution in [-0.4, -0.2) is 37.0 Å². The maximum atomic E-state index is 11.8. The van der Waals surface area contributed by atoms with E-state index in [1.165, 1.54) is 6.92 Å². The number of benzene rings is 2. The summed E-state index contributed by atoms with van der Waals surface area (Å²) >= 11 is 0. The van der Waals surface area contributed by atoms with Crippen molar-refractivity contribution in [3.05, 3.63) is 54.6 Å². The van der Waals surface area contributed by atoms with Gasteiger partial charge in [0.15, 0.2) is 6.61 Å². The SMILES string of the molecule is CC(=O)Nc1ccc(NC(=O)COC(=O)CCNC(=O)Nc2ccccc2)cc1. The second kappa shape index (κ2) is 11.1. The third-order valence-corrected chi connectivity index (χ3v) is 3.50. The Bertz CT molecular complexity index is 853. The lowest BCUT2D eigenvalue weighted by molar-refractivity contribution is -0.147. The topological polar surface area (TPSA) is 126 Å². The van der Waals surface area contributed by atoms with Gasteiger partial charge >= 0.3 is 12.0 Å². The Morgan fingerprint density at radius 2 is 1.38 bits per heavy atom. The summed E-state index contributed by atoms with van der Waals surface area (Å²) in [5.74, 6) is -1.30. The first-order valence-corrected chi connectivity index (χ1v) is 8.85. The molecule has 0 radical (unpaired) electrons. The highest BCUT2D eigenvalue weighted by molar-refractivity contribution is 5.94. The smallest absolute Gasteiger partial charge is 0.319 e. The van der Waals surface area contributed by atoms with Crippen LogP contribution >= 0.6 is 0 Å². The molecular formula is C20H22N4O5.